The van der Waals surface area contributed by atoms with E-state index in [0.717, 1.165) is 12.5 Å². The molecule has 0 aromatic heterocycles. The molecule has 0 spiro atoms. The van der Waals surface area contributed by atoms with Crippen LogP contribution in [0.2, 0.25) is 0 Å². The Morgan fingerprint density at radius 2 is 2.33 bits per heavy atom. The summed E-state index contributed by atoms with van der Waals surface area (Å²) >= 11 is 0. The average Bonchev–Trinajstić information content (AvgIpc) is 1.89. The van der Waals surface area contributed by atoms with Crippen molar-refractivity contribution in [3.8, 4) is 0 Å². The Labute approximate surface area is 57.0 Å². The highest BCUT2D eigenvalue weighted by Crippen LogP contribution is 2.09. The van der Waals surface area contributed by atoms with Crippen molar-refractivity contribution >= 4 is 0 Å². The van der Waals surface area contributed by atoms with Crippen molar-refractivity contribution < 1.29 is 0 Å². The summed E-state index contributed by atoms with van der Waals surface area (Å²) in [4.78, 5) is 0. The van der Waals surface area contributed by atoms with Crippen molar-refractivity contribution in [3.63, 3.8) is 0 Å². The van der Waals surface area contributed by atoms with E-state index in [2.05, 4.69) is 17.6 Å². The Bertz CT molecular complexity index is 83.0. The first kappa shape index (κ1) is 7.03. The van der Waals surface area contributed by atoms with Gasteiger partial charge in [-0.25, -0.2) is 0 Å². The Kier molecular flexibility index (Phi) is 2.49. The van der Waals surface area contributed by atoms with Crippen molar-refractivity contribution in [1.29, 1.82) is 0 Å². The molecule has 2 nitrogen and oxygen atoms in total. The first-order chi connectivity index (χ1) is 4.34. The predicted molar refractivity (Wildman–Crippen MR) is 39.5 cm³/mol. The molecule has 0 aliphatic carbocycles. The van der Waals surface area contributed by atoms with Crippen molar-refractivity contribution in [2.24, 2.45) is 5.92 Å². The normalized spacial score (nSPS) is 36.7. The van der Waals surface area contributed by atoms with Gasteiger partial charge in [0.15, 0.2) is 0 Å². The molecule has 2 atom stereocenters. The van der Waals surface area contributed by atoms with Gasteiger partial charge in [-0.15, -0.1) is 0 Å². The van der Waals surface area contributed by atoms with E-state index in [1.54, 1.807) is 0 Å². The SMILES string of the molecule is CN[C@H]1CNCC[C@@H]1C. The zero-order valence-corrected chi connectivity index (χ0v) is 6.28. The van der Waals surface area contributed by atoms with Gasteiger partial charge < -0.3 is 10.6 Å². The second-order valence-electron chi connectivity index (χ2n) is 2.87. The van der Waals surface area contributed by atoms with E-state index < -0.39 is 0 Å². The highest BCUT2D eigenvalue weighted by Gasteiger charge is 2.17. The van der Waals surface area contributed by atoms with Gasteiger partial charge in [0.2, 0.25) is 0 Å². The number of hydrogen-bond donors (Lipinski definition) is 2. The Morgan fingerprint density at radius 3 is 2.78 bits per heavy atom. The molecule has 1 heterocycles. The van der Waals surface area contributed by atoms with Crippen LogP contribution in [0.4, 0.5) is 0 Å². The zero-order chi connectivity index (χ0) is 6.69. The molecule has 0 amide bonds. The summed E-state index contributed by atoms with van der Waals surface area (Å²) in [5, 5.41) is 6.64. The van der Waals surface area contributed by atoms with Crippen molar-refractivity contribution in [1.82, 2.24) is 10.6 Å². The van der Waals surface area contributed by atoms with Crippen LogP contribution in [0.25, 0.3) is 0 Å². The number of likely N-dealkylation sites (N-methyl/N-ethyl adjacent to an activating group) is 1. The largest absolute Gasteiger partial charge is 0.315 e. The van der Waals surface area contributed by atoms with Crippen molar-refractivity contribution in [2.45, 2.75) is 19.4 Å². The van der Waals surface area contributed by atoms with Crippen molar-refractivity contribution in [3.05, 3.63) is 0 Å². The summed E-state index contributed by atoms with van der Waals surface area (Å²) in [6.07, 6.45) is 1.31. The van der Waals surface area contributed by atoms with Gasteiger partial charge in [-0.05, 0) is 25.9 Å². The van der Waals surface area contributed by atoms with Crippen LogP contribution >= 0.6 is 0 Å². The fourth-order valence-corrected chi connectivity index (χ4v) is 1.38. The lowest BCUT2D eigenvalue weighted by atomic mass is 9.95. The first-order valence-corrected chi connectivity index (χ1v) is 3.72. The number of piperidine rings is 1. The van der Waals surface area contributed by atoms with Gasteiger partial charge in [0.05, 0.1) is 0 Å². The predicted octanol–water partition coefficient (Wildman–Crippen LogP) is 0.204. The molecule has 54 valence electrons. The van der Waals surface area contributed by atoms with Crippen LogP contribution < -0.4 is 10.6 Å². The lowest BCUT2D eigenvalue weighted by Gasteiger charge is -2.28. The maximum atomic E-state index is 3.35. The van der Waals surface area contributed by atoms with Crippen LogP contribution in [-0.4, -0.2) is 26.2 Å². The van der Waals surface area contributed by atoms with Gasteiger partial charge in [0.25, 0.3) is 0 Å². The van der Waals surface area contributed by atoms with Gasteiger partial charge in [0, 0.05) is 12.6 Å². The van der Waals surface area contributed by atoms with Crippen LogP contribution in [0.3, 0.4) is 0 Å². The van der Waals surface area contributed by atoms with E-state index >= 15 is 0 Å². The summed E-state index contributed by atoms with van der Waals surface area (Å²) in [6, 6.07) is 0.693. The van der Waals surface area contributed by atoms with E-state index in [4.69, 9.17) is 0 Å². The standard InChI is InChI=1S/C7H16N2/c1-6-3-4-9-5-7(6)8-2/h6-9H,3-5H2,1-2H3/t6-,7-/m0/s1. The zero-order valence-electron chi connectivity index (χ0n) is 6.28. The lowest BCUT2D eigenvalue weighted by Crippen LogP contribution is -2.46. The summed E-state index contributed by atoms with van der Waals surface area (Å²) in [7, 11) is 2.04. The smallest absolute Gasteiger partial charge is 0.0215 e. The third kappa shape index (κ3) is 1.66. The minimum Gasteiger partial charge on any atom is -0.315 e. The lowest BCUT2D eigenvalue weighted by molar-refractivity contribution is 0.311. The van der Waals surface area contributed by atoms with Gasteiger partial charge in [-0.3, -0.25) is 0 Å². The first-order valence-electron chi connectivity index (χ1n) is 3.72. The molecule has 0 aromatic carbocycles. The number of nitrogens with one attached hydrogen (secondary N) is 2. The topological polar surface area (TPSA) is 24.1 Å². The molecule has 1 aliphatic rings. The summed E-state index contributed by atoms with van der Waals surface area (Å²) in [5.41, 5.74) is 0. The quantitative estimate of drug-likeness (QED) is 0.527. The molecule has 2 heteroatoms. The maximum absolute atomic E-state index is 3.35. The third-order valence-electron chi connectivity index (χ3n) is 2.20. The van der Waals surface area contributed by atoms with Crippen LogP contribution in [0.5, 0.6) is 0 Å². The van der Waals surface area contributed by atoms with E-state index in [-0.39, 0.29) is 0 Å². The highest BCUT2D eigenvalue weighted by atomic mass is 15.0. The molecular weight excluding hydrogens is 112 g/mol. The van der Waals surface area contributed by atoms with Crippen LogP contribution in [0.1, 0.15) is 13.3 Å². The van der Waals surface area contributed by atoms with E-state index in [0.29, 0.717) is 6.04 Å². The minimum atomic E-state index is 0.693. The molecule has 0 radical (unpaired) electrons. The van der Waals surface area contributed by atoms with E-state index in [9.17, 15) is 0 Å². The van der Waals surface area contributed by atoms with E-state index in [1.807, 2.05) is 7.05 Å². The Hall–Kier alpha value is -0.0800. The molecule has 1 saturated heterocycles. The molecule has 9 heavy (non-hydrogen) atoms. The maximum Gasteiger partial charge on any atom is 0.0215 e. The monoisotopic (exact) mass is 128 g/mol. The summed E-state index contributed by atoms with van der Waals surface area (Å²) in [5.74, 6) is 0.844. The average molecular weight is 128 g/mol. The van der Waals surface area contributed by atoms with Gasteiger partial charge in [-0.2, -0.15) is 0 Å². The Balaban J connectivity index is 2.30. The van der Waals surface area contributed by atoms with Crippen LogP contribution in [0, 0.1) is 5.92 Å². The fourth-order valence-electron chi connectivity index (χ4n) is 1.38. The second-order valence-corrected chi connectivity index (χ2v) is 2.87. The summed E-state index contributed by atoms with van der Waals surface area (Å²) < 4.78 is 0. The minimum absolute atomic E-state index is 0.693. The molecule has 0 bridgehead atoms. The number of hydrogen-bond acceptors (Lipinski definition) is 2. The molecule has 1 fully saturated rings. The molecule has 1 rings (SSSR count). The highest BCUT2D eigenvalue weighted by molar-refractivity contribution is 4.79. The van der Waals surface area contributed by atoms with E-state index in [1.165, 1.54) is 13.0 Å². The summed E-state index contributed by atoms with van der Waals surface area (Å²) in [6.45, 7) is 4.64. The van der Waals surface area contributed by atoms with Crippen molar-refractivity contribution in [2.75, 3.05) is 20.1 Å². The third-order valence-corrected chi connectivity index (χ3v) is 2.20. The molecule has 0 saturated carbocycles. The molecule has 0 unspecified atom stereocenters. The van der Waals surface area contributed by atoms with Gasteiger partial charge in [-0.1, -0.05) is 6.92 Å². The van der Waals surface area contributed by atoms with Gasteiger partial charge in [0.1, 0.15) is 0 Å². The molecule has 2 N–H and O–H groups in total. The molecule has 0 aromatic rings. The second kappa shape index (κ2) is 3.18. The number of rotatable bonds is 1. The molecule has 1 aliphatic heterocycles. The van der Waals surface area contributed by atoms with Gasteiger partial charge >= 0.3 is 0 Å². The molecular formula is C7H16N2. The Morgan fingerprint density at radius 1 is 1.56 bits per heavy atom. The van der Waals surface area contributed by atoms with Crippen LogP contribution in [-0.2, 0) is 0 Å². The van der Waals surface area contributed by atoms with Crippen LogP contribution in [0.15, 0.2) is 0 Å². The fraction of sp³-hybridized carbons (Fsp3) is 1.00.